The first kappa shape index (κ1) is 46.8. The molecule has 0 amide bonds. The van der Waals surface area contributed by atoms with Crippen molar-refractivity contribution in [2.24, 2.45) is 0 Å². The van der Waals surface area contributed by atoms with Crippen LogP contribution in [-0.2, 0) is 52.3 Å². The van der Waals surface area contributed by atoms with Gasteiger partial charge >= 0.3 is 112 Å². The molecule has 4 aromatic rings. The molecule has 0 nitrogen and oxygen atoms in total. The molecule has 53 heavy (non-hydrogen) atoms. The summed E-state index contributed by atoms with van der Waals surface area (Å²) in [6.45, 7) is 34.3. The van der Waals surface area contributed by atoms with Gasteiger partial charge in [0.25, 0.3) is 0 Å². The van der Waals surface area contributed by atoms with Crippen molar-refractivity contribution in [2.75, 3.05) is 0 Å². The molecule has 4 aromatic carbocycles. The van der Waals surface area contributed by atoms with E-state index in [1.165, 1.54) is 99.8 Å². The van der Waals surface area contributed by atoms with Crippen LogP contribution in [-0.4, -0.2) is 3.21 Å². The number of fused-ring (bicyclic) bond motifs is 3. The van der Waals surface area contributed by atoms with Crippen LogP contribution in [0.25, 0.3) is 11.1 Å². The molecule has 282 valence electrons. The van der Waals surface area contributed by atoms with E-state index in [9.17, 15) is 0 Å². The fourth-order valence-electron chi connectivity index (χ4n) is 6.75. The van der Waals surface area contributed by atoms with Crippen LogP contribution in [0.5, 0.6) is 0 Å². The summed E-state index contributed by atoms with van der Waals surface area (Å²) in [5.74, 6) is 0. The first-order chi connectivity index (χ1) is 23.5. The number of rotatable bonds is 2. The number of hydrogen-bond donors (Lipinski definition) is 0. The average molecular weight is 825 g/mol. The van der Waals surface area contributed by atoms with Gasteiger partial charge in [-0.2, -0.15) is 23.8 Å². The molecule has 2 aliphatic carbocycles. The van der Waals surface area contributed by atoms with Gasteiger partial charge in [0.2, 0.25) is 0 Å². The molecule has 0 bridgehead atoms. The number of aryl methyl sites for hydroxylation is 2. The zero-order chi connectivity index (χ0) is 38.1. The van der Waals surface area contributed by atoms with Crippen molar-refractivity contribution >= 4 is 3.21 Å². The monoisotopic (exact) mass is 822 g/mol. The number of benzene rings is 4. The second kappa shape index (κ2) is 18.1. The minimum Gasteiger partial charge on any atom is -1.00 e. The van der Waals surface area contributed by atoms with Gasteiger partial charge in [0.05, 0.1) is 0 Å². The van der Waals surface area contributed by atoms with Gasteiger partial charge in [-0.25, -0.2) is 11.6 Å². The van der Waals surface area contributed by atoms with Crippen LogP contribution >= 0.6 is 0 Å². The molecular weight excluding hydrogens is 763 g/mol. The molecule has 0 aromatic heterocycles. The third-order valence-electron chi connectivity index (χ3n) is 9.78. The summed E-state index contributed by atoms with van der Waals surface area (Å²) in [5, 5.41) is 0. The molecule has 0 aliphatic heterocycles. The van der Waals surface area contributed by atoms with E-state index in [0.717, 1.165) is 12.8 Å². The van der Waals surface area contributed by atoms with Crippen molar-refractivity contribution in [3.8, 4) is 11.1 Å². The van der Waals surface area contributed by atoms with Gasteiger partial charge in [-0.1, -0.05) is 113 Å². The predicted octanol–water partition coefficient (Wildman–Crippen LogP) is 7.37. The third-order valence-corrected chi connectivity index (χ3v) is 11.2. The fraction of sp³-hybridized carbons (Fsp3) is 0.420. The van der Waals surface area contributed by atoms with Crippen LogP contribution < -0.4 is 24.8 Å². The Morgan fingerprint density at radius 2 is 1.00 bits per heavy atom. The van der Waals surface area contributed by atoms with Gasteiger partial charge < -0.3 is 24.8 Å². The van der Waals surface area contributed by atoms with Gasteiger partial charge in [0, 0.05) is 0 Å². The number of halogens is 2. The van der Waals surface area contributed by atoms with Crippen LogP contribution in [0.3, 0.4) is 0 Å². The maximum atomic E-state index is 3.90. The molecule has 6 rings (SSSR count). The first-order valence-corrected chi connectivity index (χ1v) is 19.9. The van der Waals surface area contributed by atoms with E-state index >= 15 is 0 Å². The minimum absolute atomic E-state index is 0. The molecule has 0 saturated heterocycles. The molecule has 0 saturated carbocycles. The number of allylic oxidation sites excluding steroid dienone is 4. The van der Waals surface area contributed by atoms with Crippen LogP contribution in [0.1, 0.15) is 152 Å². The van der Waals surface area contributed by atoms with Gasteiger partial charge in [-0.15, -0.1) is 23.1 Å². The van der Waals surface area contributed by atoms with Crippen molar-refractivity contribution < 1.29 is 49.0 Å². The number of hydrogen-bond acceptors (Lipinski definition) is 0. The zero-order valence-electron chi connectivity index (χ0n) is 35.2. The molecule has 2 aliphatic rings. The summed E-state index contributed by atoms with van der Waals surface area (Å²) >= 11 is 1.46. The van der Waals surface area contributed by atoms with Crippen molar-refractivity contribution in [3.05, 3.63) is 152 Å². The van der Waals surface area contributed by atoms with E-state index in [2.05, 4.69) is 195 Å². The molecule has 0 spiro atoms. The molecular formula is C50H62Cl2Zr-2. The second-order valence-corrected chi connectivity index (χ2v) is 20.0. The predicted molar refractivity (Wildman–Crippen MR) is 220 cm³/mol. The Morgan fingerprint density at radius 1 is 0.566 bits per heavy atom. The van der Waals surface area contributed by atoms with Gasteiger partial charge in [-0.05, 0) is 39.4 Å². The topological polar surface area (TPSA) is 0 Å². The third kappa shape index (κ3) is 12.1. The maximum absolute atomic E-state index is 3.90. The SMILES string of the molecule is CC(C)(C)c1[c-]c2c(cc1C(C)(C)C)-c1cc(C(C)(C)C)c(C(C)(C)C)cc1C2.CC1=[C-]CC=C1.Cc1ccc([C](=[Zr+2])c2ccc(C)cc2)cc1.[Cl-].[Cl-]. The zero-order valence-corrected chi connectivity index (χ0v) is 39.1. The van der Waals surface area contributed by atoms with E-state index in [0.29, 0.717) is 0 Å². The maximum Gasteiger partial charge on any atom is -1.00 e. The van der Waals surface area contributed by atoms with E-state index < -0.39 is 0 Å². The van der Waals surface area contributed by atoms with Crippen LogP contribution in [0.15, 0.2) is 84.5 Å². The molecule has 3 heteroatoms. The normalized spacial score (nSPS) is 13.3. The molecule has 0 N–H and O–H groups in total. The summed E-state index contributed by atoms with van der Waals surface area (Å²) < 4.78 is 1.42. The Labute approximate surface area is 351 Å². The van der Waals surface area contributed by atoms with Crippen LogP contribution in [0.2, 0.25) is 0 Å². The van der Waals surface area contributed by atoms with Crippen molar-refractivity contribution in [3.63, 3.8) is 0 Å². The van der Waals surface area contributed by atoms with Crippen LogP contribution in [0.4, 0.5) is 0 Å². The summed E-state index contributed by atoms with van der Waals surface area (Å²) in [7, 11) is 0. The molecule has 0 radical (unpaired) electrons. The molecule has 0 heterocycles. The summed E-state index contributed by atoms with van der Waals surface area (Å²) in [6, 6.07) is 28.9. The van der Waals surface area contributed by atoms with E-state index in [1.807, 2.05) is 0 Å². The van der Waals surface area contributed by atoms with Crippen LogP contribution in [0, 0.1) is 26.0 Å². The first-order valence-electron chi connectivity index (χ1n) is 18.7. The quantitative estimate of drug-likeness (QED) is 0.163. The summed E-state index contributed by atoms with van der Waals surface area (Å²) in [4.78, 5) is 0. The largest absolute Gasteiger partial charge is 1.00 e. The fourth-order valence-corrected chi connectivity index (χ4v) is 7.57. The Bertz CT molecular complexity index is 1800. The summed E-state index contributed by atoms with van der Waals surface area (Å²) in [6.07, 6.45) is 9.34. The van der Waals surface area contributed by atoms with Gasteiger partial charge in [0.15, 0.2) is 0 Å². The Balaban J connectivity index is 0.000000338. The Morgan fingerprint density at radius 3 is 1.36 bits per heavy atom. The van der Waals surface area contributed by atoms with E-state index in [-0.39, 0.29) is 46.5 Å². The molecule has 0 atom stereocenters. The van der Waals surface area contributed by atoms with Crippen molar-refractivity contribution in [1.82, 2.24) is 0 Å². The molecule has 0 unspecified atom stereocenters. The van der Waals surface area contributed by atoms with Gasteiger partial charge in [-0.3, -0.25) is 6.08 Å². The van der Waals surface area contributed by atoms with Crippen molar-refractivity contribution in [1.29, 1.82) is 0 Å². The summed E-state index contributed by atoms with van der Waals surface area (Å²) in [5.41, 5.74) is 18.5. The van der Waals surface area contributed by atoms with E-state index in [4.69, 9.17) is 0 Å². The van der Waals surface area contributed by atoms with E-state index in [1.54, 1.807) is 0 Å². The van der Waals surface area contributed by atoms with Gasteiger partial charge in [0.1, 0.15) is 0 Å². The molecule has 0 fully saturated rings. The average Bonchev–Trinajstić information content (AvgIpc) is 3.65. The standard InChI is InChI=1S/C29H41.C15H14.C6H7.2ClH.Zr/c1-26(2,3)22-14-18-13-19-15-23(27(4,5)6)25(29(10,11)12)17-21(19)20(18)16-24(22)28(7,8)9;1-12-3-7-14(8-4-12)11-15-9-5-13(2)6-10-15;1-6-4-2-3-5-6;;;/h14,16-17H,13H2,1-12H3;3-10H,1-2H3;2,4H,3H2,1H3;2*1H;/q-1;;-1;;;+2/p-2. The minimum atomic E-state index is 0. The second-order valence-electron chi connectivity index (χ2n) is 18.8. The smallest absolute Gasteiger partial charge is 1.00 e. The van der Waals surface area contributed by atoms with Crippen molar-refractivity contribution in [2.45, 2.75) is 138 Å². The Kier molecular flexibility index (Phi) is 16.0. The Hall–Kier alpha value is -2.31.